The summed E-state index contributed by atoms with van der Waals surface area (Å²) in [4.78, 5) is 2.38. The van der Waals surface area contributed by atoms with Crippen LogP contribution in [0, 0.1) is 18.3 Å². The minimum Gasteiger partial charge on any atom is -0.297 e. The van der Waals surface area contributed by atoms with Crippen LogP contribution in [0.15, 0.2) is 0 Å². The van der Waals surface area contributed by atoms with Crippen LogP contribution in [0.2, 0.25) is 5.02 Å². The molecule has 0 N–H and O–H groups in total. The first-order valence-electron chi connectivity index (χ1n) is 6.95. The van der Waals surface area contributed by atoms with Crippen LogP contribution in [0.25, 0.3) is 0 Å². The van der Waals surface area contributed by atoms with Gasteiger partial charge in [-0.15, -0.1) is 11.8 Å². The van der Waals surface area contributed by atoms with Crippen molar-refractivity contribution in [3.63, 3.8) is 0 Å². The molecule has 2 heterocycles. The van der Waals surface area contributed by atoms with Gasteiger partial charge < -0.3 is 0 Å². The molecule has 0 unspecified atom stereocenters. The predicted octanol–water partition coefficient (Wildman–Crippen LogP) is 3.09. The monoisotopic (exact) mass is 312 g/mol. The Kier molecular flexibility index (Phi) is 5.00. The average molecular weight is 313 g/mol. The summed E-state index contributed by atoms with van der Waals surface area (Å²) in [5, 5.41) is 14.6. The van der Waals surface area contributed by atoms with Crippen molar-refractivity contribution < 1.29 is 0 Å². The molecule has 1 aliphatic heterocycles. The Morgan fingerprint density at radius 1 is 1.45 bits per heavy atom. The van der Waals surface area contributed by atoms with Crippen LogP contribution in [0.4, 0.5) is 0 Å². The highest BCUT2D eigenvalue weighted by Crippen LogP contribution is 2.34. The molecule has 110 valence electrons. The number of halogens is 1. The standard InChI is InChI=1S/C14H21ClN4S/c1-4-19-12(13(15)11(2)17-19)9-18-7-5-14(10-16,20-3)6-8-18/h4-9H2,1-3H3. The molecule has 4 nitrogen and oxygen atoms in total. The molecule has 1 aliphatic rings. The van der Waals surface area contributed by atoms with Gasteiger partial charge >= 0.3 is 0 Å². The van der Waals surface area contributed by atoms with Gasteiger partial charge in [-0.05, 0) is 32.9 Å². The molecule has 1 aromatic rings. The van der Waals surface area contributed by atoms with Crippen molar-refractivity contribution >= 4 is 23.4 Å². The van der Waals surface area contributed by atoms with Gasteiger partial charge in [0.25, 0.3) is 0 Å². The van der Waals surface area contributed by atoms with Crippen LogP contribution in [0.5, 0.6) is 0 Å². The van der Waals surface area contributed by atoms with E-state index >= 15 is 0 Å². The SMILES string of the molecule is CCn1nc(C)c(Cl)c1CN1CCC(C#N)(SC)CC1. The molecule has 0 atom stereocenters. The van der Waals surface area contributed by atoms with Crippen molar-refractivity contribution in [1.82, 2.24) is 14.7 Å². The van der Waals surface area contributed by atoms with E-state index in [1.165, 1.54) is 0 Å². The van der Waals surface area contributed by atoms with Gasteiger partial charge in [-0.25, -0.2) is 0 Å². The van der Waals surface area contributed by atoms with Gasteiger partial charge in [-0.3, -0.25) is 9.58 Å². The van der Waals surface area contributed by atoms with E-state index in [4.69, 9.17) is 11.6 Å². The fourth-order valence-corrected chi connectivity index (χ4v) is 3.54. The maximum Gasteiger partial charge on any atom is 0.104 e. The largest absolute Gasteiger partial charge is 0.297 e. The van der Waals surface area contributed by atoms with Crippen molar-refractivity contribution in [3.05, 3.63) is 16.4 Å². The van der Waals surface area contributed by atoms with Crippen LogP contribution in [-0.2, 0) is 13.1 Å². The Morgan fingerprint density at radius 2 is 2.10 bits per heavy atom. The molecule has 0 radical (unpaired) electrons. The molecular formula is C14H21ClN4S. The summed E-state index contributed by atoms with van der Waals surface area (Å²) in [5.74, 6) is 0. The summed E-state index contributed by atoms with van der Waals surface area (Å²) in [6.45, 7) is 7.57. The molecule has 1 saturated heterocycles. The Balaban J connectivity index is 2.05. The normalized spacial score (nSPS) is 18.9. The first-order chi connectivity index (χ1) is 9.55. The fraction of sp³-hybridized carbons (Fsp3) is 0.714. The zero-order chi connectivity index (χ0) is 14.8. The molecule has 0 aromatic carbocycles. The Labute approximate surface area is 130 Å². The Morgan fingerprint density at radius 3 is 2.60 bits per heavy atom. The number of thioether (sulfide) groups is 1. The quantitative estimate of drug-likeness (QED) is 0.857. The maximum atomic E-state index is 9.32. The van der Waals surface area contributed by atoms with Crippen LogP contribution >= 0.6 is 23.4 Å². The van der Waals surface area contributed by atoms with E-state index in [9.17, 15) is 5.26 Å². The predicted molar refractivity (Wildman–Crippen MR) is 84.0 cm³/mol. The first-order valence-corrected chi connectivity index (χ1v) is 8.56. The van der Waals surface area contributed by atoms with Crippen molar-refractivity contribution in [2.45, 2.75) is 44.5 Å². The number of rotatable bonds is 4. The molecule has 6 heteroatoms. The van der Waals surface area contributed by atoms with Gasteiger partial charge in [0.1, 0.15) is 4.75 Å². The minimum absolute atomic E-state index is 0.193. The van der Waals surface area contributed by atoms with Gasteiger partial charge in [-0.2, -0.15) is 10.4 Å². The molecule has 1 aromatic heterocycles. The second-order valence-electron chi connectivity index (χ2n) is 5.25. The third kappa shape index (κ3) is 2.98. The van der Waals surface area contributed by atoms with Gasteiger partial charge in [0, 0.05) is 26.2 Å². The van der Waals surface area contributed by atoms with Crippen molar-refractivity contribution in [1.29, 1.82) is 5.26 Å². The van der Waals surface area contributed by atoms with E-state index in [1.807, 2.05) is 17.9 Å². The van der Waals surface area contributed by atoms with Gasteiger partial charge in [0.2, 0.25) is 0 Å². The van der Waals surface area contributed by atoms with E-state index in [1.54, 1.807) is 11.8 Å². The second kappa shape index (κ2) is 6.38. The molecule has 0 bridgehead atoms. The number of nitrogens with zero attached hydrogens (tertiary/aromatic N) is 4. The van der Waals surface area contributed by atoms with Crippen LogP contribution in [-0.4, -0.2) is 38.8 Å². The number of aryl methyl sites for hydroxylation is 2. The van der Waals surface area contributed by atoms with Crippen LogP contribution in [0.3, 0.4) is 0 Å². The lowest BCUT2D eigenvalue weighted by Crippen LogP contribution is -2.41. The van der Waals surface area contributed by atoms with E-state index in [2.05, 4.69) is 23.0 Å². The topological polar surface area (TPSA) is 44.9 Å². The molecule has 0 saturated carbocycles. The minimum atomic E-state index is -0.193. The van der Waals surface area contributed by atoms with Gasteiger partial charge in [-0.1, -0.05) is 11.6 Å². The Hall–Kier alpha value is -0.700. The summed E-state index contributed by atoms with van der Waals surface area (Å²) in [5.41, 5.74) is 2.00. The molecule has 1 fully saturated rings. The molecule has 0 aliphatic carbocycles. The number of likely N-dealkylation sites (tertiary alicyclic amines) is 1. The lowest BCUT2D eigenvalue weighted by molar-refractivity contribution is 0.204. The third-order valence-electron chi connectivity index (χ3n) is 4.08. The molecule has 0 spiro atoms. The summed E-state index contributed by atoms with van der Waals surface area (Å²) in [6.07, 6.45) is 3.87. The average Bonchev–Trinajstić information content (AvgIpc) is 2.76. The number of hydrogen-bond donors (Lipinski definition) is 0. The smallest absolute Gasteiger partial charge is 0.104 e. The number of piperidine rings is 1. The molecule has 2 rings (SSSR count). The summed E-state index contributed by atoms with van der Waals surface area (Å²) in [7, 11) is 0. The molecule has 20 heavy (non-hydrogen) atoms. The highest BCUT2D eigenvalue weighted by molar-refractivity contribution is 8.00. The summed E-state index contributed by atoms with van der Waals surface area (Å²) >= 11 is 8.04. The maximum absolute atomic E-state index is 9.32. The van der Waals surface area contributed by atoms with Crippen LogP contribution in [0.1, 0.15) is 31.2 Å². The number of nitriles is 1. The molecular weight excluding hydrogens is 292 g/mol. The van der Waals surface area contributed by atoms with Crippen LogP contribution < -0.4 is 0 Å². The fourth-order valence-electron chi connectivity index (χ4n) is 2.67. The second-order valence-corrected chi connectivity index (χ2v) is 6.82. The van der Waals surface area contributed by atoms with E-state index in [0.29, 0.717) is 0 Å². The van der Waals surface area contributed by atoms with Crippen molar-refractivity contribution in [2.24, 2.45) is 0 Å². The van der Waals surface area contributed by atoms with E-state index in [0.717, 1.165) is 55.4 Å². The molecule has 0 amide bonds. The number of hydrogen-bond acceptors (Lipinski definition) is 4. The first kappa shape index (κ1) is 15.7. The lowest BCUT2D eigenvalue weighted by atomic mass is 9.97. The lowest BCUT2D eigenvalue weighted by Gasteiger charge is -2.36. The number of aromatic nitrogens is 2. The highest BCUT2D eigenvalue weighted by Gasteiger charge is 2.34. The Bertz CT molecular complexity index is 512. The van der Waals surface area contributed by atoms with Gasteiger partial charge in [0.05, 0.1) is 22.5 Å². The van der Waals surface area contributed by atoms with Crippen molar-refractivity contribution in [3.8, 4) is 6.07 Å². The third-order valence-corrected chi connectivity index (χ3v) is 5.86. The van der Waals surface area contributed by atoms with E-state index < -0.39 is 0 Å². The zero-order valence-corrected chi connectivity index (χ0v) is 13.9. The van der Waals surface area contributed by atoms with Crippen molar-refractivity contribution in [2.75, 3.05) is 19.3 Å². The van der Waals surface area contributed by atoms with E-state index in [-0.39, 0.29) is 4.75 Å². The summed E-state index contributed by atoms with van der Waals surface area (Å²) in [6, 6.07) is 2.48. The highest BCUT2D eigenvalue weighted by atomic mass is 35.5. The zero-order valence-electron chi connectivity index (χ0n) is 12.3. The summed E-state index contributed by atoms with van der Waals surface area (Å²) < 4.78 is 1.79. The van der Waals surface area contributed by atoms with Gasteiger partial charge in [0.15, 0.2) is 0 Å².